The van der Waals surface area contributed by atoms with Crippen LogP contribution in [0.5, 0.6) is 0 Å². The van der Waals surface area contributed by atoms with Gasteiger partial charge in [0.15, 0.2) is 6.61 Å². The largest absolute Gasteiger partial charge is 0.456 e. The highest BCUT2D eigenvalue weighted by atomic mass is 32.2. The van der Waals surface area contributed by atoms with Crippen LogP contribution in [0.2, 0.25) is 0 Å². The SMILES string of the molecule is COCCn1c(C)cc(C(=O)COC(=O)[C@@H]2CS[C@@]3(C)CCC(=O)N23)c1C. The van der Waals surface area contributed by atoms with Gasteiger partial charge in [-0.15, -0.1) is 11.8 Å². The van der Waals surface area contributed by atoms with Crippen molar-refractivity contribution in [1.82, 2.24) is 9.47 Å². The van der Waals surface area contributed by atoms with Crippen molar-refractivity contribution >= 4 is 29.4 Å². The molecule has 2 fully saturated rings. The number of ether oxygens (including phenoxy) is 2. The Morgan fingerprint density at radius 3 is 2.81 bits per heavy atom. The van der Waals surface area contributed by atoms with Crippen LogP contribution in [-0.2, 0) is 25.6 Å². The molecule has 0 aromatic carbocycles. The van der Waals surface area contributed by atoms with Crippen LogP contribution < -0.4 is 0 Å². The van der Waals surface area contributed by atoms with Crippen LogP contribution in [-0.4, -0.2) is 64.1 Å². The molecule has 0 radical (unpaired) electrons. The summed E-state index contributed by atoms with van der Waals surface area (Å²) in [6.07, 6.45) is 1.20. The number of esters is 1. The first kappa shape index (κ1) is 19.9. The highest BCUT2D eigenvalue weighted by molar-refractivity contribution is 8.01. The van der Waals surface area contributed by atoms with Gasteiger partial charge in [0.1, 0.15) is 6.04 Å². The van der Waals surface area contributed by atoms with Gasteiger partial charge in [-0.25, -0.2) is 4.79 Å². The molecule has 1 aromatic heterocycles. The fourth-order valence-corrected chi connectivity index (χ4v) is 5.33. The standard InChI is InChI=1S/C19H26N2O5S/c1-12-9-14(13(2)20(12)7-8-25-4)16(22)10-26-18(24)15-11-27-19(3)6-5-17(23)21(15)19/h9,15H,5-8,10-11H2,1-4H3/t15-,19-/m0/s1. The molecule has 0 N–H and O–H groups in total. The Balaban J connectivity index is 1.63. The van der Waals surface area contributed by atoms with Gasteiger partial charge in [0, 0.05) is 42.8 Å². The number of nitrogens with zero attached hydrogens (tertiary/aromatic N) is 2. The number of hydrogen-bond donors (Lipinski definition) is 0. The van der Waals surface area contributed by atoms with E-state index in [4.69, 9.17) is 9.47 Å². The summed E-state index contributed by atoms with van der Waals surface area (Å²) in [6, 6.07) is 1.21. The van der Waals surface area contributed by atoms with Crippen LogP contribution >= 0.6 is 11.8 Å². The van der Waals surface area contributed by atoms with Gasteiger partial charge in [0.05, 0.1) is 11.5 Å². The number of carbonyl (C=O) groups excluding carboxylic acids is 3. The molecular weight excluding hydrogens is 368 g/mol. The summed E-state index contributed by atoms with van der Waals surface area (Å²) in [5.41, 5.74) is 2.36. The summed E-state index contributed by atoms with van der Waals surface area (Å²) in [7, 11) is 1.64. The van der Waals surface area contributed by atoms with E-state index < -0.39 is 12.0 Å². The summed E-state index contributed by atoms with van der Waals surface area (Å²) in [6.45, 7) is 6.70. The van der Waals surface area contributed by atoms with Crippen molar-refractivity contribution in [3.63, 3.8) is 0 Å². The second-order valence-corrected chi connectivity index (χ2v) is 8.73. The summed E-state index contributed by atoms with van der Waals surface area (Å²) in [4.78, 5) is 38.5. The summed E-state index contributed by atoms with van der Waals surface area (Å²) in [5, 5.41) is 0. The molecule has 0 spiro atoms. The minimum absolute atomic E-state index is 0.0162. The van der Waals surface area contributed by atoms with Crippen molar-refractivity contribution in [1.29, 1.82) is 0 Å². The number of methoxy groups -OCH3 is 1. The van der Waals surface area contributed by atoms with Crippen molar-refractivity contribution < 1.29 is 23.9 Å². The average molecular weight is 394 g/mol. The number of carbonyl (C=O) groups is 3. The minimum Gasteiger partial charge on any atom is -0.456 e. The molecule has 148 valence electrons. The first-order valence-corrected chi connectivity index (χ1v) is 10.1. The highest BCUT2D eigenvalue weighted by Gasteiger charge is 2.53. The second-order valence-electron chi connectivity index (χ2n) is 7.23. The van der Waals surface area contributed by atoms with Crippen LogP contribution in [0.4, 0.5) is 0 Å². The van der Waals surface area contributed by atoms with Crippen molar-refractivity contribution in [3.8, 4) is 0 Å². The normalized spacial score (nSPS) is 24.4. The van der Waals surface area contributed by atoms with Crippen LogP contribution in [0.1, 0.15) is 41.5 Å². The molecule has 1 amide bonds. The minimum atomic E-state index is -0.600. The van der Waals surface area contributed by atoms with Crippen molar-refractivity contribution in [2.45, 2.75) is 51.1 Å². The molecule has 1 aromatic rings. The lowest BCUT2D eigenvalue weighted by Gasteiger charge is -2.29. The Bertz CT molecular complexity index is 774. The fraction of sp³-hybridized carbons (Fsp3) is 0.632. The molecule has 8 heteroatoms. The van der Waals surface area contributed by atoms with Crippen LogP contribution in [0.25, 0.3) is 0 Å². The first-order valence-electron chi connectivity index (χ1n) is 9.10. The maximum absolute atomic E-state index is 12.6. The predicted molar refractivity (Wildman–Crippen MR) is 102 cm³/mol. The Morgan fingerprint density at radius 1 is 1.37 bits per heavy atom. The number of ketones is 1. The maximum Gasteiger partial charge on any atom is 0.330 e. The third-order valence-corrected chi connectivity index (χ3v) is 6.96. The lowest BCUT2D eigenvalue weighted by atomic mass is 10.1. The van der Waals surface area contributed by atoms with E-state index in [-0.39, 0.29) is 23.2 Å². The van der Waals surface area contributed by atoms with E-state index in [0.717, 1.165) is 17.8 Å². The molecule has 0 saturated carbocycles. The van der Waals surface area contributed by atoms with Crippen LogP contribution in [0, 0.1) is 13.8 Å². The van der Waals surface area contributed by atoms with E-state index in [1.165, 1.54) is 0 Å². The second kappa shape index (κ2) is 7.67. The Labute approximate surface area is 163 Å². The zero-order valence-corrected chi connectivity index (χ0v) is 17.1. The van der Waals surface area contributed by atoms with E-state index >= 15 is 0 Å². The van der Waals surface area contributed by atoms with Gasteiger partial charge in [0.2, 0.25) is 11.7 Å². The molecule has 0 unspecified atom stereocenters. The summed E-state index contributed by atoms with van der Waals surface area (Å²) in [5.74, 6) is -0.234. The lowest BCUT2D eigenvalue weighted by Crippen LogP contribution is -2.46. The topological polar surface area (TPSA) is 77.8 Å². The van der Waals surface area contributed by atoms with Crippen LogP contribution in [0.15, 0.2) is 6.07 Å². The molecule has 27 heavy (non-hydrogen) atoms. The van der Waals surface area contributed by atoms with E-state index in [9.17, 15) is 14.4 Å². The smallest absolute Gasteiger partial charge is 0.330 e. The fourth-order valence-electron chi connectivity index (χ4n) is 3.92. The third-order valence-electron chi connectivity index (χ3n) is 5.46. The third kappa shape index (κ3) is 3.65. The first-order chi connectivity index (χ1) is 12.8. The van der Waals surface area contributed by atoms with E-state index in [1.807, 2.05) is 31.4 Å². The number of aryl methyl sites for hydroxylation is 1. The molecule has 0 aliphatic carbocycles. The number of rotatable bonds is 7. The van der Waals surface area contributed by atoms with E-state index in [0.29, 0.717) is 30.9 Å². The van der Waals surface area contributed by atoms with Gasteiger partial charge >= 0.3 is 5.97 Å². The highest BCUT2D eigenvalue weighted by Crippen LogP contribution is 2.47. The van der Waals surface area contributed by atoms with E-state index in [2.05, 4.69) is 0 Å². The van der Waals surface area contributed by atoms with Crippen molar-refractivity contribution in [3.05, 3.63) is 23.0 Å². The molecule has 0 bridgehead atoms. The van der Waals surface area contributed by atoms with Gasteiger partial charge < -0.3 is 18.9 Å². The number of Topliss-reactive ketones (excluding diaryl/α,β-unsaturated/α-hetero) is 1. The van der Waals surface area contributed by atoms with Gasteiger partial charge in [0.25, 0.3) is 0 Å². The molecular formula is C19H26N2O5S. The number of thioether (sulfide) groups is 1. The molecule has 2 aliphatic rings. The van der Waals surface area contributed by atoms with Gasteiger partial charge in [-0.1, -0.05) is 0 Å². The Kier molecular flexibility index (Phi) is 5.67. The van der Waals surface area contributed by atoms with Gasteiger partial charge in [-0.2, -0.15) is 0 Å². The quantitative estimate of drug-likeness (QED) is 0.519. The number of fused-ring (bicyclic) bond motifs is 1. The Hall–Kier alpha value is -1.80. The van der Waals surface area contributed by atoms with Crippen molar-refractivity contribution in [2.24, 2.45) is 0 Å². The number of aromatic nitrogens is 1. The zero-order chi connectivity index (χ0) is 19.8. The average Bonchev–Trinajstić information content (AvgIpc) is 3.23. The van der Waals surface area contributed by atoms with Gasteiger partial charge in [-0.05, 0) is 33.3 Å². The van der Waals surface area contributed by atoms with E-state index in [1.54, 1.807) is 23.8 Å². The summed E-state index contributed by atoms with van der Waals surface area (Å²) >= 11 is 1.61. The molecule has 3 rings (SSSR count). The molecule has 7 nitrogen and oxygen atoms in total. The van der Waals surface area contributed by atoms with Gasteiger partial charge in [-0.3, -0.25) is 9.59 Å². The molecule has 2 aliphatic heterocycles. The molecule has 3 heterocycles. The lowest BCUT2D eigenvalue weighted by molar-refractivity contribution is -0.152. The predicted octanol–water partition coefficient (Wildman–Crippen LogP) is 1.93. The summed E-state index contributed by atoms with van der Waals surface area (Å²) < 4.78 is 12.4. The maximum atomic E-state index is 12.6. The van der Waals surface area contributed by atoms with Crippen LogP contribution in [0.3, 0.4) is 0 Å². The Morgan fingerprint density at radius 2 is 2.11 bits per heavy atom. The molecule has 2 saturated heterocycles. The van der Waals surface area contributed by atoms with Crippen molar-refractivity contribution in [2.75, 3.05) is 26.1 Å². The number of amides is 1. The monoisotopic (exact) mass is 394 g/mol. The molecule has 2 atom stereocenters. The number of hydrogen-bond acceptors (Lipinski definition) is 6. The zero-order valence-electron chi connectivity index (χ0n) is 16.2.